The number of nitrogens with zero attached hydrogens (tertiary/aromatic N) is 2. The highest BCUT2D eigenvalue weighted by Crippen LogP contribution is 2.15. The second-order valence-electron chi connectivity index (χ2n) is 6.39. The van der Waals surface area contributed by atoms with Crippen molar-refractivity contribution < 1.29 is 14.5 Å². The molecule has 1 aromatic carbocycles. The van der Waals surface area contributed by atoms with Crippen LogP contribution in [0.4, 0.5) is 11.4 Å². The summed E-state index contributed by atoms with van der Waals surface area (Å²) in [5, 5.41) is 16.7. The number of hydrogen-bond acceptors (Lipinski definition) is 6. The van der Waals surface area contributed by atoms with Gasteiger partial charge in [-0.3, -0.25) is 19.8 Å². The fraction of sp³-hybridized carbons (Fsp3) is 0.588. The lowest BCUT2D eigenvalue weighted by Gasteiger charge is -2.34. The number of morpholine rings is 1. The molecule has 2 rings (SSSR count). The molecule has 0 bridgehead atoms. The minimum atomic E-state index is -0.421. The number of amides is 1. The van der Waals surface area contributed by atoms with E-state index in [1.54, 1.807) is 12.1 Å². The molecular formula is C17H26N4O4. The van der Waals surface area contributed by atoms with Gasteiger partial charge in [0, 0.05) is 44.0 Å². The molecule has 8 nitrogen and oxygen atoms in total. The molecule has 25 heavy (non-hydrogen) atoms. The summed E-state index contributed by atoms with van der Waals surface area (Å²) in [7, 11) is 0. The molecule has 2 atom stereocenters. The third-order valence-corrected chi connectivity index (χ3v) is 3.95. The lowest BCUT2D eigenvalue weighted by atomic mass is 10.2. The Bertz CT molecular complexity index is 569. The van der Waals surface area contributed by atoms with Gasteiger partial charge in [-0.25, -0.2) is 0 Å². The number of carbonyl (C=O) groups excluding carboxylic acids is 1. The monoisotopic (exact) mass is 350 g/mol. The lowest BCUT2D eigenvalue weighted by Crippen LogP contribution is -2.49. The lowest BCUT2D eigenvalue weighted by molar-refractivity contribution is -0.384. The van der Waals surface area contributed by atoms with E-state index in [-0.39, 0.29) is 23.8 Å². The number of rotatable bonds is 8. The molecular weight excluding hydrogens is 324 g/mol. The Kier molecular flexibility index (Phi) is 7.15. The topological polar surface area (TPSA) is 96.7 Å². The van der Waals surface area contributed by atoms with Crippen molar-refractivity contribution >= 4 is 17.3 Å². The van der Waals surface area contributed by atoms with Gasteiger partial charge in [0.15, 0.2) is 0 Å². The number of ether oxygens (including phenoxy) is 1. The molecule has 1 saturated heterocycles. The van der Waals surface area contributed by atoms with Crippen LogP contribution in [-0.2, 0) is 9.53 Å². The van der Waals surface area contributed by atoms with Crippen LogP contribution in [0, 0.1) is 10.1 Å². The van der Waals surface area contributed by atoms with Crippen molar-refractivity contribution in [3.63, 3.8) is 0 Å². The van der Waals surface area contributed by atoms with Gasteiger partial charge in [-0.15, -0.1) is 0 Å². The molecule has 8 heteroatoms. The largest absolute Gasteiger partial charge is 0.385 e. The first-order chi connectivity index (χ1) is 11.9. The van der Waals surface area contributed by atoms with E-state index in [2.05, 4.69) is 15.5 Å². The number of carbonyl (C=O) groups is 1. The fourth-order valence-electron chi connectivity index (χ4n) is 2.92. The highest BCUT2D eigenvalue weighted by Gasteiger charge is 2.23. The minimum Gasteiger partial charge on any atom is -0.385 e. The Morgan fingerprint density at radius 2 is 1.88 bits per heavy atom. The zero-order valence-electron chi connectivity index (χ0n) is 14.7. The number of nitro groups is 1. The maximum atomic E-state index is 12.0. The quantitative estimate of drug-likeness (QED) is 0.420. The number of benzene rings is 1. The average Bonchev–Trinajstić information content (AvgIpc) is 2.54. The van der Waals surface area contributed by atoms with E-state index < -0.39 is 4.92 Å². The van der Waals surface area contributed by atoms with Crippen LogP contribution in [-0.4, -0.2) is 60.7 Å². The molecule has 1 aliphatic rings. The normalized spacial score (nSPS) is 20.9. The van der Waals surface area contributed by atoms with Crippen molar-refractivity contribution in [2.24, 2.45) is 0 Å². The van der Waals surface area contributed by atoms with Crippen molar-refractivity contribution in [3.8, 4) is 0 Å². The molecule has 1 aliphatic heterocycles. The average molecular weight is 350 g/mol. The van der Waals surface area contributed by atoms with Crippen LogP contribution in [0.2, 0.25) is 0 Å². The van der Waals surface area contributed by atoms with E-state index >= 15 is 0 Å². The summed E-state index contributed by atoms with van der Waals surface area (Å²) in [5.74, 6) is 0.0247. The summed E-state index contributed by atoms with van der Waals surface area (Å²) in [4.78, 5) is 24.3. The number of hydrogen-bond donors (Lipinski definition) is 2. The highest BCUT2D eigenvalue weighted by molar-refractivity contribution is 5.78. The summed E-state index contributed by atoms with van der Waals surface area (Å²) in [5.41, 5.74) is 0.901. The molecule has 1 heterocycles. The molecule has 0 radical (unpaired) electrons. The van der Waals surface area contributed by atoms with E-state index in [4.69, 9.17) is 4.74 Å². The van der Waals surface area contributed by atoms with Crippen molar-refractivity contribution in [1.82, 2.24) is 10.2 Å². The van der Waals surface area contributed by atoms with Gasteiger partial charge in [-0.2, -0.15) is 0 Å². The van der Waals surface area contributed by atoms with E-state index in [9.17, 15) is 14.9 Å². The van der Waals surface area contributed by atoms with E-state index in [0.717, 1.165) is 25.2 Å². The zero-order valence-corrected chi connectivity index (χ0v) is 14.7. The van der Waals surface area contributed by atoms with Crippen LogP contribution < -0.4 is 10.6 Å². The van der Waals surface area contributed by atoms with Gasteiger partial charge in [0.2, 0.25) is 5.91 Å². The molecule has 0 saturated carbocycles. The third kappa shape index (κ3) is 6.67. The van der Waals surface area contributed by atoms with Crippen LogP contribution in [0.25, 0.3) is 0 Å². The second kappa shape index (κ2) is 9.33. The molecule has 138 valence electrons. The highest BCUT2D eigenvalue weighted by atomic mass is 16.6. The number of nitrogens with one attached hydrogen (secondary N) is 2. The maximum Gasteiger partial charge on any atom is 0.269 e. The van der Waals surface area contributed by atoms with Gasteiger partial charge >= 0.3 is 0 Å². The smallest absolute Gasteiger partial charge is 0.269 e. The van der Waals surface area contributed by atoms with Crippen molar-refractivity contribution in [2.45, 2.75) is 32.5 Å². The first kappa shape index (κ1) is 19.1. The Morgan fingerprint density at radius 3 is 2.48 bits per heavy atom. The molecule has 0 aromatic heterocycles. The molecule has 1 fully saturated rings. The van der Waals surface area contributed by atoms with Gasteiger partial charge < -0.3 is 15.4 Å². The standard InChI is InChI=1S/C17H26N4O4/c1-13-10-20(11-14(2)25-13)12-17(22)19-9-3-8-18-15-4-6-16(7-5-15)21(23)24/h4-7,13-14,18H,3,8-12H2,1-2H3,(H,19,22). The first-order valence-electron chi connectivity index (χ1n) is 8.57. The Hall–Kier alpha value is -2.19. The van der Waals surface area contributed by atoms with E-state index in [1.807, 2.05) is 13.8 Å². The van der Waals surface area contributed by atoms with Crippen molar-refractivity contribution in [3.05, 3.63) is 34.4 Å². The Labute approximate surface area is 147 Å². The molecule has 1 aromatic rings. The molecule has 0 spiro atoms. The SMILES string of the molecule is CC1CN(CC(=O)NCCCNc2ccc([N+](=O)[O-])cc2)CC(C)O1. The van der Waals surface area contributed by atoms with Gasteiger partial charge in [0.1, 0.15) is 0 Å². The summed E-state index contributed by atoms with van der Waals surface area (Å²) in [6, 6.07) is 6.29. The van der Waals surface area contributed by atoms with Crippen molar-refractivity contribution in [2.75, 3.05) is 38.0 Å². The van der Waals surface area contributed by atoms with Crippen LogP contribution in [0.5, 0.6) is 0 Å². The maximum absolute atomic E-state index is 12.0. The van der Waals surface area contributed by atoms with Crippen molar-refractivity contribution in [1.29, 1.82) is 0 Å². The fourth-order valence-corrected chi connectivity index (χ4v) is 2.92. The summed E-state index contributed by atoms with van der Waals surface area (Å²) >= 11 is 0. The van der Waals surface area contributed by atoms with Gasteiger partial charge in [-0.05, 0) is 32.4 Å². The summed E-state index contributed by atoms with van der Waals surface area (Å²) < 4.78 is 5.65. The van der Waals surface area contributed by atoms with Gasteiger partial charge in [-0.1, -0.05) is 0 Å². The third-order valence-electron chi connectivity index (χ3n) is 3.95. The zero-order chi connectivity index (χ0) is 18.2. The number of non-ortho nitro benzene ring substituents is 1. The number of anilines is 1. The Morgan fingerprint density at radius 1 is 1.24 bits per heavy atom. The second-order valence-corrected chi connectivity index (χ2v) is 6.39. The van der Waals surface area contributed by atoms with E-state index in [1.165, 1.54) is 12.1 Å². The van der Waals surface area contributed by atoms with Crippen LogP contribution in [0.1, 0.15) is 20.3 Å². The minimum absolute atomic E-state index is 0.0247. The predicted molar refractivity (Wildman–Crippen MR) is 95.7 cm³/mol. The summed E-state index contributed by atoms with van der Waals surface area (Å²) in [6.45, 7) is 7.26. The van der Waals surface area contributed by atoms with Gasteiger partial charge in [0.05, 0.1) is 23.7 Å². The molecule has 0 aliphatic carbocycles. The predicted octanol–water partition coefficient (Wildman–Crippen LogP) is 1.62. The first-order valence-corrected chi connectivity index (χ1v) is 8.57. The number of nitro benzene ring substituents is 1. The van der Waals surface area contributed by atoms with Gasteiger partial charge in [0.25, 0.3) is 5.69 Å². The van der Waals surface area contributed by atoms with Crippen LogP contribution in [0.3, 0.4) is 0 Å². The molecule has 1 amide bonds. The Balaban J connectivity index is 1.59. The summed E-state index contributed by atoms with van der Waals surface area (Å²) in [6.07, 6.45) is 1.09. The van der Waals surface area contributed by atoms with Crippen LogP contribution >= 0.6 is 0 Å². The molecule has 2 unspecified atom stereocenters. The van der Waals surface area contributed by atoms with Crippen LogP contribution in [0.15, 0.2) is 24.3 Å². The molecule has 2 N–H and O–H groups in total. The van der Waals surface area contributed by atoms with E-state index in [0.29, 0.717) is 19.6 Å².